The highest BCUT2D eigenvalue weighted by atomic mass is 32.1. The third-order valence-corrected chi connectivity index (χ3v) is 4.86. The fourth-order valence-corrected chi connectivity index (χ4v) is 3.74. The van der Waals surface area contributed by atoms with Gasteiger partial charge in [0.2, 0.25) is 0 Å². The first-order valence-electron chi connectivity index (χ1n) is 7.83. The van der Waals surface area contributed by atoms with Crippen LogP contribution in [0, 0.1) is 11.3 Å². The van der Waals surface area contributed by atoms with Gasteiger partial charge in [-0.3, -0.25) is 4.90 Å². The lowest BCUT2D eigenvalue weighted by molar-refractivity contribution is 0.0639. The van der Waals surface area contributed by atoms with E-state index in [0.717, 1.165) is 13.0 Å². The van der Waals surface area contributed by atoms with Gasteiger partial charge in [-0.05, 0) is 66.0 Å². The maximum atomic E-state index is 10.3. The summed E-state index contributed by atoms with van der Waals surface area (Å²) in [5.74, 6) is 0.679. The predicted octanol–water partition coefficient (Wildman–Crippen LogP) is 3.20. The van der Waals surface area contributed by atoms with Gasteiger partial charge >= 0.3 is 0 Å². The van der Waals surface area contributed by atoms with Crippen LogP contribution in [0.3, 0.4) is 0 Å². The van der Waals surface area contributed by atoms with Crippen molar-refractivity contribution < 1.29 is 9.84 Å². The molecule has 1 aliphatic heterocycles. The minimum absolute atomic E-state index is 0.263. The Morgan fingerprint density at radius 2 is 2.17 bits per heavy atom. The second-order valence-corrected chi connectivity index (χ2v) is 6.59. The zero-order valence-corrected chi connectivity index (χ0v) is 13.7. The number of likely N-dealkylation sites (tertiary alicyclic amines) is 1. The molecular weight excluding hydrogens is 308 g/mol. The summed E-state index contributed by atoms with van der Waals surface area (Å²) in [6.07, 6.45) is 1.80. The average molecular weight is 328 g/mol. The highest BCUT2D eigenvalue weighted by molar-refractivity contribution is 7.07. The molecular formula is C18H20N2O2S. The average Bonchev–Trinajstić information content (AvgIpc) is 3.24. The van der Waals surface area contributed by atoms with E-state index in [1.807, 2.05) is 0 Å². The Hall–Kier alpha value is -1.87. The van der Waals surface area contributed by atoms with Crippen molar-refractivity contribution in [2.75, 3.05) is 19.7 Å². The van der Waals surface area contributed by atoms with Crippen molar-refractivity contribution in [1.82, 2.24) is 4.90 Å². The van der Waals surface area contributed by atoms with Crippen LogP contribution in [0.1, 0.15) is 30.0 Å². The van der Waals surface area contributed by atoms with E-state index in [4.69, 9.17) is 10.00 Å². The first-order chi connectivity index (χ1) is 11.3. The number of hydrogen-bond acceptors (Lipinski definition) is 5. The monoisotopic (exact) mass is 328 g/mol. The van der Waals surface area contributed by atoms with E-state index in [2.05, 4.69) is 27.8 Å². The van der Waals surface area contributed by atoms with Gasteiger partial charge in [-0.1, -0.05) is 0 Å². The minimum atomic E-state index is -0.523. The van der Waals surface area contributed by atoms with Crippen LogP contribution in [0.4, 0.5) is 0 Å². The highest BCUT2D eigenvalue weighted by Gasteiger charge is 2.27. The van der Waals surface area contributed by atoms with Gasteiger partial charge in [0.15, 0.2) is 0 Å². The van der Waals surface area contributed by atoms with Crippen molar-refractivity contribution >= 4 is 11.3 Å². The fourth-order valence-electron chi connectivity index (χ4n) is 3.03. The zero-order valence-electron chi connectivity index (χ0n) is 12.9. The van der Waals surface area contributed by atoms with Crippen molar-refractivity contribution in [3.8, 4) is 11.8 Å². The fraction of sp³-hybridized carbons (Fsp3) is 0.389. The standard InChI is InChI=1S/C18H20N2O2S/c19-10-14-3-5-17(6-4-14)22-12-16(21)11-20-8-1-2-18(20)15-7-9-23-13-15/h3-7,9,13,16,18,21H,1-2,8,11-12H2/t16-,18+/m1/s1. The summed E-state index contributed by atoms with van der Waals surface area (Å²) in [5.41, 5.74) is 1.96. The number of nitriles is 1. The number of ether oxygens (including phenoxy) is 1. The molecule has 0 amide bonds. The molecule has 0 saturated carbocycles. The van der Waals surface area contributed by atoms with Gasteiger partial charge in [0, 0.05) is 12.6 Å². The molecule has 2 atom stereocenters. The van der Waals surface area contributed by atoms with Crippen LogP contribution in [0.15, 0.2) is 41.1 Å². The molecule has 0 spiro atoms. The van der Waals surface area contributed by atoms with Gasteiger partial charge in [-0.2, -0.15) is 16.6 Å². The third-order valence-electron chi connectivity index (χ3n) is 4.16. The maximum Gasteiger partial charge on any atom is 0.119 e. The van der Waals surface area contributed by atoms with Crippen LogP contribution in [-0.2, 0) is 0 Å². The van der Waals surface area contributed by atoms with Crippen LogP contribution in [-0.4, -0.2) is 35.8 Å². The lowest BCUT2D eigenvalue weighted by Crippen LogP contribution is -2.35. The van der Waals surface area contributed by atoms with Crippen LogP contribution in [0.5, 0.6) is 5.75 Å². The van der Waals surface area contributed by atoms with E-state index < -0.39 is 6.10 Å². The molecule has 1 aromatic carbocycles. The number of thiophene rings is 1. The van der Waals surface area contributed by atoms with Crippen LogP contribution < -0.4 is 4.74 Å². The molecule has 1 saturated heterocycles. The van der Waals surface area contributed by atoms with E-state index in [0.29, 0.717) is 23.9 Å². The van der Waals surface area contributed by atoms with Gasteiger partial charge in [-0.15, -0.1) is 0 Å². The number of aliphatic hydroxyl groups is 1. The normalized spacial score (nSPS) is 19.4. The van der Waals surface area contributed by atoms with Gasteiger partial charge in [-0.25, -0.2) is 0 Å². The number of rotatable bonds is 6. The molecule has 0 aliphatic carbocycles. The van der Waals surface area contributed by atoms with E-state index in [1.54, 1.807) is 35.6 Å². The maximum absolute atomic E-state index is 10.3. The topological polar surface area (TPSA) is 56.5 Å². The van der Waals surface area contributed by atoms with Crippen LogP contribution in [0.25, 0.3) is 0 Å². The van der Waals surface area contributed by atoms with Gasteiger partial charge in [0.25, 0.3) is 0 Å². The summed E-state index contributed by atoms with van der Waals surface area (Å²) in [5, 5.41) is 23.3. The Labute approximate surface area is 140 Å². The van der Waals surface area contributed by atoms with Crippen molar-refractivity contribution in [1.29, 1.82) is 5.26 Å². The first-order valence-corrected chi connectivity index (χ1v) is 8.77. The molecule has 1 N–H and O–H groups in total. The minimum Gasteiger partial charge on any atom is -0.491 e. The first kappa shape index (κ1) is 16.0. The van der Waals surface area contributed by atoms with Crippen molar-refractivity contribution in [3.63, 3.8) is 0 Å². The zero-order chi connectivity index (χ0) is 16.1. The van der Waals surface area contributed by atoms with Gasteiger partial charge in [0.05, 0.1) is 11.6 Å². The lowest BCUT2D eigenvalue weighted by Gasteiger charge is -2.26. The molecule has 4 nitrogen and oxygen atoms in total. The van der Waals surface area contributed by atoms with Gasteiger partial charge in [0.1, 0.15) is 18.5 Å². The highest BCUT2D eigenvalue weighted by Crippen LogP contribution is 2.32. The number of benzene rings is 1. The Morgan fingerprint density at radius 3 is 2.87 bits per heavy atom. The summed E-state index contributed by atoms with van der Waals surface area (Å²) < 4.78 is 5.62. The SMILES string of the molecule is N#Cc1ccc(OC[C@H](O)CN2CCC[C@H]2c2ccsc2)cc1. The summed E-state index contributed by atoms with van der Waals surface area (Å²) in [7, 11) is 0. The summed E-state index contributed by atoms with van der Waals surface area (Å²) in [6.45, 7) is 1.91. The molecule has 1 fully saturated rings. The van der Waals surface area contributed by atoms with E-state index in [1.165, 1.54) is 12.0 Å². The number of nitrogens with zero attached hydrogens (tertiary/aromatic N) is 2. The number of β-amino-alcohol motifs (C(OH)–C–C–N with tert-alkyl or cyclic N) is 1. The molecule has 120 valence electrons. The lowest BCUT2D eigenvalue weighted by atomic mass is 10.1. The number of hydrogen-bond donors (Lipinski definition) is 1. The quantitative estimate of drug-likeness (QED) is 0.885. The Kier molecular flexibility index (Phi) is 5.29. The van der Waals surface area contributed by atoms with E-state index >= 15 is 0 Å². The van der Waals surface area contributed by atoms with Crippen LogP contribution >= 0.6 is 11.3 Å². The smallest absolute Gasteiger partial charge is 0.119 e. The van der Waals surface area contributed by atoms with Gasteiger partial charge < -0.3 is 9.84 Å². The Balaban J connectivity index is 1.50. The second kappa shape index (κ2) is 7.60. The molecule has 0 unspecified atom stereocenters. The Bertz CT molecular complexity index is 649. The molecule has 2 heterocycles. The largest absolute Gasteiger partial charge is 0.491 e. The summed E-state index contributed by atoms with van der Waals surface area (Å²) in [4.78, 5) is 2.34. The van der Waals surface area contributed by atoms with Crippen LogP contribution in [0.2, 0.25) is 0 Å². The second-order valence-electron chi connectivity index (χ2n) is 5.81. The predicted molar refractivity (Wildman–Crippen MR) is 90.5 cm³/mol. The molecule has 23 heavy (non-hydrogen) atoms. The Morgan fingerprint density at radius 1 is 1.35 bits per heavy atom. The molecule has 5 heteroatoms. The van der Waals surface area contributed by atoms with Crippen molar-refractivity contribution in [3.05, 3.63) is 52.2 Å². The molecule has 1 aliphatic rings. The van der Waals surface area contributed by atoms with E-state index in [-0.39, 0.29) is 6.61 Å². The molecule has 1 aromatic heterocycles. The van der Waals surface area contributed by atoms with E-state index in [9.17, 15) is 5.11 Å². The summed E-state index contributed by atoms with van der Waals surface area (Å²) >= 11 is 1.72. The molecule has 0 radical (unpaired) electrons. The third kappa shape index (κ3) is 4.11. The molecule has 0 bridgehead atoms. The molecule has 2 aromatic rings. The van der Waals surface area contributed by atoms with Crippen molar-refractivity contribution in [2.24, 2.45) is 0 Å². The number of aliphatic hydroxyl groups excluding tert-OH is 1. The molecule has 3 rings (SSSR count). The van der Waals surface area contributed by atoms with Crippen molar-refractivity contribution in [2.45, 2.75) is 25.0 Å². The summed E-state index contributed by atoms with van der Waals surface area (Å²) in [6, 6.07) is 11.6.